The third-order valence-electron chi connectivity index (χ3n) is 1.22. The minimum atomic E-state index is -0.464. The molecule has 0 radical (unpaired) electrons. The first kappa shape index (κ1) is 7.15. The van der Waals surface area contributed by atoms with Crippen molar-refractivity contribution in [1.82, 2.24) is 4.57 Å². The third-order valence-corrected chi connectivity index (χ3v) is 1.43. The molecule has 0 saturated carbocycles. The molecule has 0 aliphatic heterocycles. The van der Waals surface area contributed by atoms with E-state index >= 15 is 0 Å². The first-order valence-corrected chi connectivity index (χ1v) is 3.10. The Hall–Kier alpha value is -0.960. The molecule has 2 N–H and O–H groups in total. The lowest BCUT2D eigenvalue weighted by molar-refractivity contribution is 0.0992. The van der Waals surface area contributed by atoms with E-state index in [0.29, 0.717) is 10.7 Å². The molecule has 1 aromatic heterocycles. The van der Waals surface area contributed by atoms with Crippen LogP contribution in [0.2, 0.25) is 5.02 Å². The van der Waals surface area contributed by atoms with Gasteiger partial charge in [-0.3, -0.25) is 4.79 Å². The number of hydrogen-bond acceptors (Lipinski definition) is 1. The predicted octanol–water partition coefficient (Wildman–Crippen LogP) is 0.777. The van der Waals surface area contributed by atoms with Crippen molar-refractivity contribution >= 4 is 17.5 Å². The Bertz CT molecular complexity index is 267. The second-order valence-corrected chi connectivity index (χ2v) is 2.46. The fraction of sp³-hybridized carbons (Fsp3) is 0.167. The molecule has 1 heterocycles. The molecular weight excluding hydrogens is 152 g/mol. The van der Waals surface area contributed by atoms with Crippen molar-refractivity contribution in [3.05, 3.63) is 23.0 Å². The molecule has 0 unspecified atom stereocenters. The summed E-state index contributed by atoms with van der Waals surface area (Å²) in [6, 6.07) is 1.53. The number of halogens is 1. The topological polar surface area (TPSA) is 48.0 Å². The highest BCUT2D eigenvalue weighted by molar-refractivity contribution is 6.31. The van der Waals surface area contributed by atoms with Gasteiger partial charge in [0.2, 0.25) is 0 Å². The molecule has 0 aliphatic rings. The minimum absolute atomic E-state index is 0.421. The molecule has 10 heavy (non-hydrogen) atoms. The maximum atomic E-state index is 10.6. The van der Waals surface area contributed by atoms with Crippen LogP contribution >= 0.6 is 11.6 Å². The molecule has 0 spiro atoms. The van der Waals surface area contributed by atoms with E-state index in [9.17, 15) is 4.79 Å². The number of carbonyl (C=O) groups excluding carboxylic acids is 1. The zero-order valence-corrected chi connectivity index (χ0v) is 6.22. The molecule has 1 aromatic rings. The molecule has 0 saturated heterocycles. The SMILES string of the molecule is Cn1cc(Cl)cc1C(N)=O. The van der Waals surface area contributed by atoms with Gasteiger partial charge in [-0.05, 0) is 6.07 Å². The van der Waals surface area contributed by atoms with Crippen molar-refractivity contribution in [2.45, 2.75) is 0 Å². The quantitative estimate of drug-likeness (QED) is 0.645. The van der Waals surface area contributed by atoms with E-state index in [2.05, 4.69) is 0 Å². The highest BCUT2D eigenvalue weighted by Crippen LogP contribution is 2.11. The van der Waals surface area contributed by atoms with Gasteiger partial charge in [0.1, 0.15) is 5.69 Å². The molecule has 0 atom stereocenters. The van der Waals surface area contributed by atoms with Gasteiger partial charge >= 0.3 is 0 Å². The molecule has 0 fully saturated rings. The fourth-order valence-electron chi connectivity index (χ4n) is 0.769. The summed E-state index contributed by atoms with van der Waals surface area (Å²) in [7, 11) is 1.71. The van der Waals surface area contributed by atoms with E-state index in [1.807, 2.05) is 0 Å². The fourth-order valence-corrected chi connectivity index (χ4v) is 1.02. The van der Waals surface area contributed by atoms with E-state index < -0.39 is 5.91 Å². The van der Waals surface area contributed by atoms with E-state index in [1.54, 1.807) is 17.8 Å². The van der Waals surface area contributed by atoms with Crippen molar-refractivity contribution < 1.29 is 4.79 Å². The second kappa shape index (κ2) is 2.34. The van der Waals surface area contributed by atoms with Crippen LogP contribution in [0.5, 0.6) is 0 Å². The van der Waals surface area contributed by atoms with Crippen LogP contribution in [-0.4, -0.2) is 10.5 Å². The third kappa shape index (κ3) is 1.14. The first-order valence-electron chi connectivity index (χ1n) is 2.73. The molecule has 4 heteroatoms. The highest BCUT2D eigenvalue weighted by Gasteiger charge is 2.05. The zero-order chi connectivity index (χ0) is 7.72. The van der Waals surface area contributed by atoms with Crippen LogP contribution in [0.3, 0.4) is 0 Å². The highest BCUT2D eigenvalue weighted by atomic mass is 35.5. The van der Waals surface area contributed by atoms with Crippen molar-refractivity contribution in [2.75, 3.05) is 0 Å². The lowest BCUT2D eigenvalue weighted by atomic mass is 10.4. The summed E-state index contributed by atoms with van der Waals surface area (Å²) in [5, 5.41) is 0.524. The lowest BCUT2D eigenvalue weighted by Gasteiger charge is -1.93. The number of rotatable bonds is 1. The number of aromatic nitrogens is 1. The Labute approximate surface area is 63.4 Å². The number of nitrogens with zero attached hydrogens (tertiary/aromatic N) is 1. The van der Waals surface area contributed by atoms with Crippen molar-refractivity contribution in [3.8, 4) is 0 Å². The molecule has 0 bridgehead atoms. The van der Waals surface area contributed by atoms with Crippen LogP contribution in [0.4, 0.5) is 0 Å². The Morgan fingerprint density at radius 2 is 2.40 bits per heavy atom. The Kier molecular flexibility index (Phi) is 1.68. The molecule has 0 aliphatic carbocycles. The van der Waals surface area contributed by atoms with Crippen LogP contribution in [0.15, 0.2) is 12.3 Å². The number of hydrogen-bond donors (Lipinski definition) is 1. The average molecular weight is 159 g/mol. The molecular formula is C6H7ClN2O. The van der Waals surface area contributed by atoms with Crippen LogP contribution in [0, 0.1) is 0 Å². The molecule has 1 rings (SSSR count). The summed E-state index contributed by atoms with van der Waals surface area (Å²) in [6.07, 6.45) is 1.63. The summed E-state index contributed by atoms with van der Waals surface area (Å²) in [4.78, 5) is 10.6. The summed E-state index contributed by atoms with van der Waals surface area (Å²) in [6.45, 7) is 0. The standard InChI is InChI=1S/C6H7ClN2O/c1-9-3-4(7)2-5(9)6(8)10/h2-3H,1H3,(H2,8,10). The molecule has 3 nitrogen and oxygen atoms in total. The van der Waals surface area contributed by atoms with Gasteiger partial charge in [-0.15, -0.1) is 0 Å². The average Bonchev–Trinajstić information content (AvgIpc) is 2.10. The van der Waals surface area contributed by atoms with Gasteiger partial charge in [0.25, 0.3) is 5.91 Å². The number of aryl methyl sites for hydroxylation is 1. The maximum Gasteiger partial charge on any atom is 0.265 e. The lowest BCUT2D eigenvalue weighted by Crippen LogP contribution is -2.14. The Morgan fingerprint density at radius 3 is 2.60 bits per heavy atom. The Balaban J connectivity index is 3.15. The molecule has 54 valence electrons. The number of amides is 1. The minimum Gasteiger partial charge on any atom is -0.364 e. The monoisotopic (exact) mass is 158 g/mol. The predicted molar refractivity (Wildman–Crippen MR) is 38.9 cm³/mol. The smallest absolute Gasteiger partial charge is 0.265 e. The van der Waals surface area contributed by atoms with Gasteiger partial charge < -0.3 is 10.3 Å². The van der Waals surface area contributed by atoms with Crippen molar-refractivity contribution in [3.63, 3.8) is 0 Å². The van der Waals surface area contributed by atoms with Crippen molar-refractivity contribution in [2.24, 2.45) is 12.8 Å². The van der Waals surface area contributed by atoms with Gasteiger partial charge in [0.05, 0.1) is 5.02 Å². The molecule has 1 amide bonds. The largest absolute Gasteiger partial charge is 0.364 e. The summed E-state index contributed by atoms with van der Waals surface area (Å²) >= 11 is 5.58. The van der Waals surface area contributed by atoms with Crippen LogP contribution in [-0.2, 0) is 7.05 Å². The van der Waals surface area contributed by atoms with Gasteiger partial charge in [-0.2, -0.15) is 0 Å². The van der Waals surface area contributed by atoms with E-state index in [1.165, 1.54) is 6.07 Å². The molecule has 0 aromatic carbocycles. The maximum absolute atomic E-state index is 10.6. The van der Waals surface area contributed by atoms with E-state index in [0.717, 1.165) is 0 Å². The number of nitrogens with two attached hydrogens (primary N) is 1. The van der Waals surface area contributed by atoms with Gasteiger partial charge in [0, 0.05) is 13.2 Å². The van der Waals surface area contributed by atoms with E-state index in [-0.39, 0.29) is 0 Å². The Morgan fingerprint density at radius 1 is 1.80 bits per heavy atom. The first-order chi connectivity index (χ1) is 4.61. The van der Waals surface area contributed by atoms with Gasteiger partial charge in [0.15, 0.2) is 0 Å². The number of carbonyl (C=O) groups is 1. The van der Waals surface area contributed by atoms with Gasteiger partial charge in [-0.25, -0.2) is 0 Å². The van der Waals surface area contributed by atoms with Gasteiger partial charge in [-0.1, -0.05) is 11.6 Å². The summed E-state index contributed by atoms with van der Waals surface area (Å²) in [5.41, 5.74) is 5.43. The zero-order valence-electron chi connectivity index (χ0n) is 5.47. The van der Waals surface area contributed by atoms with E-state index in [4.69, 9.17) is 17.3 Å². The summed E-state index contributed by atoms with van der Waals surface area (Å²) in [5.74, 6) is -0.464. The van der Waals surface area contributed by atoms with Crippen LogP contribution in [0.1, 0.15) is 10.5 Å². The van der Waals surface area contributed by atoms with Crippen LogP contribution in [0.25, 0.3) is 0 Å². The van der Waals surface area contributed by atoms with Crippen LogP contribution < -0.4 is 5.73 Å². The summed E-state index contributed by atoms with van der Waals surface area (Å²) < 4.78 is 1.59. The van der Waals surface area contributed by atoms with Crippen molar-refractivity contribution in [1.29, 1.82) is 0 Å². The normalized spacial score (nSPS) is 9.80. The second-order valence-electron chi connectivity index (χ2n) is 2.02. The number of primary amides is 1.